The minimum atomic E-state index is -0.554. The van der Waals surface area contributed by atoms with Gasteiger partial charge in [-0.05, 0) is 89.9 Å². The minimum absolute atomic E-state index is 0.150. The van der Waals surface area contributed by atoms with E-state index in [-0.39, 0.29) is 17.3 Å². The zero-order chi connectivity index (χ0) is 24.2. The normalized spacial score (nSPS) is 14.1. The summed E-state index contributed by atoms with van der Waals surface area (Å²) >= 11 is 6.84. The predicted molar refractivity (Wildman–Crippen MR) is 136 cm³/mol. The molecule has 0 radical (unpaired) electrons. The average Bonchev–Trinajstić information content (AvgIpc) is 3.17. The van der Waals surface area contributed by atoms with E-state index in [0.717, 1.165) is 10.0 Å². The van der Waals surface area contributed by atoms with E-state index in [9.17, 15) is 9.59 Å². The Labute approximate surface area is 213 Å². The quantitative estimate of drug-likeness (QED) is 0.188. The molecule has 0 aromatic heterocycles. The molecule has 4 rings (SSSR count). The number of esters is 2. The summed E-state index contributed by atoms with van der Waals surface area (Å²) in [6.45, 7) is 4.13. The lowest BCUT2D eigenvalue weighted by Crippen LogP contribution is -2.10. The molecule has 0 fully saturated rings. The van der Waals surface area contributed by atoms with Gasteiger partial charge in [0.25, 0.3) is 0 Å². The number of benzene rings is 3. The van der Waals surface area contributed by atoms with Gasteiger partial charge in [0, 0.05) is 10.0 Å². The standard InChI is InChI=1S/C26H19Br2NO5/c1-3-32-22-14-16(12-20(28)23(22)33-25(30)18-6-4-15(2)5-7-18)13-21-26(31)34-24(29-21)17-8-10-19(27)11-9-17/h4-14H,3H2,1-2H3/b21-13-. The van der Waals surface area contributed by atoms with Gasteiger partial charge >= 0.3 is 11.9 Å². The van der Waals surface area contributed by atoms with E-state index >= 15 is 0 Å². The van der Waals surface area contributed by atoms with Gasteiger partial charge in [-0.15, -0.1) is 0 Å². The number of carbonyl (C=O) groups is 2. The molecule has 6 nitrogen and oxygen atoms in total. The summed E-state index contributed by atoms with van der Waals surface area (Å²) in [4.78, 5) is 29.4. The summed E-state index contributed by atoms with van der Waals surface area (Å²) in [5.41, 5.74) is 2.93. The first-order valence-electron chi connectivity index (χ1n) is 10.4. The second-order valence-electron chi connectivity index (χ2n) is 7.36. The highest BCUT2D eigenvalue weighted by Gasteiger charge is 2.25. The number of aliphatic imine (C=N–C) groups is 1. The SMILES string of the molecule is CCOc1cc(/C=C2\N=C(c3ccc(Br)cc3)OC2=O)cc(Br)c1OC(=O)c1ccc(C)cc1. The van der Waals surface area contributed by atoms with Gasteiger partial charge < -0.3 is 14.2 Å². The lowest BCUT2D eigenvalue weighted by molar-refractivity contribution is -0.129. The van der Waals surface area contributed by atoms with Gasteiger partial charge in [0.05, 0.1) is 16.6 Å². The monoisotopic (exact) mass is 583 g/mol. The fourth-order valence-corrected chi connectivity index (χ4v) is 3.96. The van der Waals surface area contributed by atoms with Crippen molar-refractivity contribution < 1.29 is 23.8 Å². The number of ether oxygens (including phenoxy) is 3. The van der Waals surface area contributed by atoms with Gasteiger partial charge in [0.1, 0.15) is 0 Å². The van der Waals surface area contributed by atoms with Crippen LogP contribution in [-0.4, -0.2) is 24.4 Å². The smallest absolute Gasteiger partial charge is 0.363 e. The molecule has 1 aliphatic heterocycles. The van der Waals surface area contributed by atoms with Crippen molar-refractivity contribution in [3.63, 3.8) is 0 Å². The molecule has 8 heteroatoms. The molecule has 34 heavy (non-hydrogen) atoms. The maximum Gasteiger partial charge on any atom is 0.363 e. The summed E-state index contributed by atoms with van der Waals surface area (Å²) in [7, 11) is 0. The molecule has 0 atom stereocenters. The second kappa shape index (κ2) is 10.4. The number of carbonyl (C=O) groups excluding carboxylic acids is 2. The van der Waals surface area contributed by atoms with Crippen molar-refractivity contribution in [1.82, 2.24) is 0 Å². The van der Waals surface area contributed by atoms with Crippen molar-refractivity contribution >= 4 is 55.8 Å². The van der Waals surface area contributed by atoms with Gasteiger partial charge in [-0.2, -0.15) is 0 Å². The molecule has 3 aromatic carbocycles. The molecule has 3 aromatic rings. The van der Waals surface area contributed by atoms with Crippen LogP contribution >= 0.6 is 31.9 Å². The van der Waals surface area contributed by atoms with Crippen LogP contribution in [0.2, 0.25) is 0 Å². The molecular weight excluding hydrogens is 566 g/mol. The van der Waals surface area contributed by atoms with Crippen LogP contribution in [0.5, 0.6) is 11.5 Å². The topological polar surface area (TPSA) is 74.2 Å². The molecule has 0 amide bonds. The highest BCUT2D eigenvalue weighted by molar-refractivity contribution is 9.10. The van der Waals surface area contributed by atoms with E-state index in [2.05, 4.69) is 36.9 Å². The first kappa shape index (κ1) is 23.9. The number of halogens is 2. The molecule has 1 heterocycles. The number of nitrogens with zero attached hydrogens (tertiary/aromatic N) is 1. The van der Waals surface area contributed by atoms with E-state index < -0.39 is 11.9 Å². The van der Waals surface area contributed by atoms with E-state index in [0.29, 0.717) is 33.5 Å². The van der Waals surface area contributed by atoms with E-state index in [1.807, 2.05) is 38.1 Å². The number of hydrogen-bond donors (Lipinski definition) is 0. The van der Waals surface area contributed by atoms with Crippen LogP contribution in [0.1, 0.15) is 34.0 Å². The Morgan fingerprint density at radius 3 is 2.44 bits per heavy atom. The zero-order valence-corrected chi connectivity index (χ0v) is 21.5. The van der Waals surface area contributed by atoms with Crippen molar-refractivity contribution in [3.8, 4) is 11.5 Å². The molecular formula is C26H19Br2NO5. The Bertz CT molecular complexity index is 1310. The molecule has 1 aliphatic rings. The summed E-state index contributed by atoms with van der Waals surface area (Å²) in [5, 5.41) is 0. The third kappa shape index (κ3) is 5.46. The minimum Gasteiger partial charge on any atom is -0.490 e. The Hall–Kier alpha value is -3.23. The average molecular weight is 585 g/mol. The molecule has 0 saturated carbocycles. The van der Waals surface area contributed by atoms with Crippen LogP contribution in [0.3, 0.4) is 0 Å². The number of rotatable bonds is 6. The summed E-state index contributed by atoms with van der Waals surface area (Å²) < 4.78 is 18.1. The Balaban J connectivity index is 1.63. The first-order valence-corrected chi connectivity index (χ1v) is 12.0. The van der Waals surface area contributed by atoms with E-state index in [1.54, 1.807) is 42.5 Å². The number of aryl methyl sites for hydroxylation is 1. The molecule has 0 bridgehead atoms. The van der Waals surface area contributed by atoms with Gasteiger partial charge in [-0.3, -0.25) is 0 Å². The predicted octanol–water partition coefficient (Wildman–Crippen LogP) is 6.48. The van der Waals surface area contributed by atoms with Crippen molar-refractivity contribution in [2.24, 2.45) is 4.99 Å². The number of cyclic esters (lactones) is 1. The molecule has 0 spiro atoms. The lowest BCUT2D eigenvalue weighted by Gasteiger charge is -2.13. The molecule has 0 N–H and O–H groups in total. The fraction of sp³-hybridized carbons (Fsp3) is 0.115. The Morgan fingerprint density at radius 1 is 1.06 bits per heavy atom. The van der Waals surface area contributed by atoms with Gasteiger partial charge in [0.15, 0.2) is 17.2 Å². The third-order valence-electron chi connectivity index (χ3n) is 4.83. The second-order valence-corrected chi connectivity index (χ2v) is 9.13. The van der Waals surface area contributed by atoms with E-state index in [1.165, 1.54) is 0 Å². The van der Waals surface area contributed by atoms with E-state index in [4.69, 9.17) is 14.2 Å². The van der Waals surface area contributed by atoms with Crippen LogP contribution in [-0.2, 0) is 9.53 Å². The highest BCUT2D eigenvalue weighted by Crippen LogP contribution is 2.38. The molecule has 0 saturated heterocycles. The Morgan fingerprint density at radius 2 is 1.76 bits per heavy atom. The Kier molecular flexibility index (Phi) is 7.29. The lowest BCUT2D eigenvalue weighted by atomic mass is 10.1. The van der Waals surface area contributed by atoms with Gasteiger partial charge in [0.2, 0.25) is 5.90 Å². The molecule has 0 unspecified atom stereocenters. The zero-order valence-electron chi connectivity index (χ0n) is 18.3. The van der Waals surface area contributed by atoms with Gasteiger partial charge in [-0.1, -0.05) is 33.6 Å². The summed E-state index contributed by atoms with van der Waals surface area (Å²) in [5.74, 6) is -0.218. The molecule has 172 valence electrons. The molecule has 0 aliphatic carbocycles. The van der Waals surface area contributed by atoms with Crippen LogP contribution < -0.4 is 9.47 Å². The van der Waals surface area contributed by atoms with Gasteiger partial charge in [-0.25, -0.2) is 14.6 Å². The van der Waals surface area contributed by atoms with Crippen molar-refractivity contribution in [2.75, 3.05) is 6.61 Å². The maximum absolute atomic E-state index is 12.6. The fourth-order valence-electron chi connectivity index (χ4n) is 3.16. The van der Waals surface area contributed by atoms with Crippen LogP contribution in [0.4, 0.5) is 0 Å². The summed E-state index contributed by atoms with van der Waals surface area (Å²) in [6.07, 6.45) is 1.59. The summed E-state index contributed by atoms with van der Waals surface area (Å²) in [6, 6.07) is 17.8. The van der Waals surface area contributed by atoms with Crippen LogP contribution in [0.25, 0.3) is 6.08 Å². The van der Waals surface area contributed by atoms with Crippen LogP contribution in [0.15, 0.2) is 80.3 Å². The first-order chi connectivity index (χ1) is 16.3. The van der Waals surface area contributed by atoms with Crippen molar-refractivity contribution in [3.05, 3.63) is 97.6 Å². The van der Waals surface area contributed by atoms with Crippen LogP contribution in [0, 0.1) is 6.92 Å². The largest absolute Gasteiger partial charge is 0.490 e. The maximum atomic E-state index is 12.6. The highest BCUT2D eigenvalue weighted by atomic mass is 79.9. The van der Waals surface area contributed by atoms with Crippen molar-refractivity contribution in [2.45, 2.75) is 13.8 Å². The number of hydrogen-bond acceptors (Lipinski definition) is 6. The third-order valence-corrected chi connectivity index (χ3v) is 5.95. The van der Waals surface area contributed by atoms with Crippen molar-refractivity contribution in [1.29, 1.82) is 0 Å².